The largest absolute Gasteiger partial charge is 0.443 e. The lowest BCUT2D eigenvalue weighted by Gasteiger charge is -2.20. The van der Waals surface area contributed by atoms with Crippen molar-refractivity contribution in [1.82, 2.24) is 9.13 Å². The number of hydrogen-bond acceptors (Lipinski definition) is 8. The SMILES string of the molecule is [2H]c1cn([C@@H]2O[C@](F)(CO)[C@@H](O)[C@H]2O)c(=O)n(COC(=O)C(C)C)c1=O. The maximum atomic E-state index is 14.2. The molecule has 10 nitrogen and oxygen atoms in total. The predicted molar refractivity (Wildman–Crippen MR) is 79.0 cm³/mol. The van der Waals surface area contributed by atoms with E-state index in [1.165, 1.54) is 13.8 Å². The third-order valence-corrected chi connectivity index (χ3v) is 3.70. The normalized spacial score (nSPS) is 29.7. The Bertz CT molecular complexity index is 809. The van der Waals surface area contributed by atoms with Gasteiger partial charge in [0, 0.05) is 12.2 Å². The van der Waals surface area contributed by atoms with Crippen LogP contribution >= 0.6 is 0 Å². The van der Waals surface area contributed by atoms with Crippen molar-refractivity contribution < 1.29 is 35.3 Å². The molecule has 0 aromatic carbocycles. The Labute approximate surface area is 142 Å². The standard InChI is InChI=1S/C14H19FN2O8/c1-7(2)12(22)24-6-17-8(19)3-4-16(13(17)23)11-9(20)10(21)14(15,5-18)25-11/h3-4,7,9-11,18,20-21H,5-6H2,1-2H3/t9-,10+,11-,14-/m1/s1/i3D. The first-order chi connectivity index (χ1) is 12.0. The molecule has 1 saturated heterocycles. The predicted octanol–water partition coefficient (Wildman–Crippen LogP) is -1.92. The molecule has 1 aliphatic rings. The average Bonchev–Trinajstić information content (AvgIpc) is 2.82. The van der Waals surface area contributed by atoms with Gasteiger partial charge in [0.25, 0.3) is 11.4 Å². The minimum Gasteiger partial charge on any atom is -0.443 e. The second-order valence-corrected chi connectivity index (χ2v) is 5.83. The van der Waals surface area contributed by atoms with Gasteiger partial charge in [-0.25, -0.2) is 13.8 Å². The van der Waals surface area contributed by atoms with Crippen LogP contribution in [0.15, 0.2) is 21.8 Å². The van der Waals surface area contributed by atoms with Gasteiger partial charge in [-0.1, -0.05) is 13.8 Å². The lowest BCUT2D eigenvalue weighted by Crippen LogP contribution is -2.44. The summed E-state index contributed by atoms with van der Waals surface area (Å²) in [6, 6.07) is -0.726. The zero-order chi connectivity index (χ0) is 19.8. The van der Waals surface area contributed by atoms with E-state index in [2.05, 4.69) is 0 Å². The maximum Gasteiger partial charge on any atom is 0.335 e. The molecule has 2 heterocycles. The molecular formula is C14H19FN2O8. The number of carbonyl (C=O) groups is 1. The smallest absolute Gasteiger partial charge is 0.335 e. The summed E-state index contributed by atoms with van der Waals surface area (Å²) in [7, 11) is 0. The molecule has 0 saturated carbocycles. The van der Waals surface area contributed by atoms with Gasteiger partial charge in [0.15, 0.2) is 13.0 Å². The number of ether oxygens (including phenoxy) is 2. The fourth-order valence-electron chi connectivity index (χ4n) is 2.18. The molecule has 4 atom stereocenters. The molecule has 1 aromatic rings. The Morgan fingerprint density at radius 1 is 1.52 bits per heavy atom. The number of aromatic nitrogens is 2. The highest BCUT2D eigenvalue weighted by molar-refractivity contribution is 5.71. The Morgan fingerprint density at radius 2 is 2.16 bits per heavy atom. The van der Waals surface area contributed by atoms with Crippen LogP contribution in [0, 0.1) is 5.92 Å². The van der Waals surface area contributed by atoms with Gasteiger partial charge in [-0.05, 0) is 0 Å². The highest BCUT2D eigenvalue weighted by atomic mass is 19.2. The Hall–Kier alpha value is -2.08. The van der Waals surface area contributed by atoms with Crippen molar-refractivity contribution >= 4 is 5.97 Å². The monoisotopic (exact) mass is 363 g/mol. The van der Waals surface area contributed by atoms with E-state index in [0.29, 0.717) is 15.3 Å². The Morgan fingerprint density at radius 3 is 2.68 bits per heavy atom. The van der Waals surface area contributed by atoms with Crippen LogP contribution in [-0.2, 0) is 21.0 Å². The van der Waals surface area contributed by atoms with E-state index in [-0.39, 0.29) is 0 Å². The summed E-state index contributed by atoms with van der Waals surface area (Å²) in [5.41, 5.74) is -2.24. The molecule has 1 fully saturated rings. The van der Waals surface area contributed by atoms with Gasteiger partial charge in [-0.15, -0.1) is 0 Å². The van der Waals surface area contributed by atoms with Crippen molar-refractivity contribution in [3.05, 3.63) is 33.1 Å². The number of alkyl halides is 1. The number of rotatable bonds is 5. The zero-order valence-electron chi connectivity index (χ0n) is 14.5. The van der Waals surface area contributed by atoms with E-state index in [0.717, 1.165) is 0 Å². The van der Waals surface area contributed by atoms with E-state index in [4.69, 9.17) is 16.0 Å². The molecule has 0 radical (unpaired) electrons. The maximum absolute atomic E-state index is 14.2. The van der Waals surface area contributed by atoms with Crippen molar-refractivity contribution in [2.75, 3.05) is 6.61 Å². The lowest BCUT2D eigenvalue weighted by molar-refractivity contribution is -0.207. The molecule has 2 rings (SSSR count). The second-order valence-electron chi connectivity index (χ2n) is 5.83. The molecule has 0 spiro atoms. The molecule has 140 valence electrons. The quantitative estimate of drug-likeness (QED) is 0.514. The molecule has 11 heteroatoms. The Balaban J connectivity index is 2.44. The van der Waals surface area contributed by atoms with Gasteiger partial charge in [0.05, 0.1) is 7.29 Å². The van der Waals surface area contributed by atoms with E-state index in [1.807, 2.05) is 0 Å². The molecular weight excluding hydrogens is 343 g/mol. The van der Waals surface area contributed by atoms with Crippen molar-refractivity contribution in [3.63, 3.8) is 0 Å². The van der Waals surface area contributed by atoms with Crippen molar-refractivity contribution in [2.24, 2.45) is 5.92 Å². The molecule has 0 aliphatic carbocycles. The van der Waals surface area contributed by atoms with Crippen LogP contribution < -0.4 is 11.2 Å². The van der Waals surface area contributed by atoms with Gasteiger partial charge in [-0.3, -0.25) is 14.2 Å². The van der Waals surface area contributed by atoms with Crippen molar-refractivity contribution in [1.29, 1.82) is 0 Å². The van der Waals surface area contributed by atoms with Crippen LogP contribution in [0.1, 0.15) is 21.4 Å². The summed E-state index contributed by atoms with van der Waals surface area (Å²) in [5.74, 6) is -4.26. The number of carbonyl (C=O) groups excluding carboxylic acids is 1. The molecule has 0 amide bonds. The third kappa shape index (κ3) is 3.49. The van der Waals surface area contributed by atoms with Gasteiger partial charge in [0.1, 0.15) is 18.8 Å². The minimum absolute atomic E-state index is 0.391. The second kappa shape index (κ2) is 7.04. The first-order valence-electron chi connectivity index (χ1n) is 7.86. The molecule has 1 aromatic heterocycles. The minimum atomic E-state index is -3.03. The van der Waals surface area contributed by atoms with Crippen LogP contribution in [0.25, 0.3) is 0 Å². The van der Waals surface area contributed by atoms with Crippen LogP contribution in [0.2, 0.25) is 0 Å². The topological polar surface area (TPSA) is 140 Å². The number of nitrogens with zero attached hydrogens (tertiary/aromatic N) is 2. The van der Waals surface area contributed by atoms with Crippen LogP contribution in [0.5, 0.6) is 0 Å². The highest BCUT2D eigenvalue weighted by Crippen LogP contribution is 2.37. The van der Waals surface area contributed by atoms with E-state index >= 15 is 0 Å². The number of aliphatic hydroxyl groups is 3. The van der Waals surface area contributed by atoms with Gasteiger partial charge in [-0.2, -0.15) is 0 Å². The lowest BCUT2D eigenvalue weighted by atomic mass is 10.1. The first kappa shape index (κ1) is 17.7. The van der Waals surface area contributed by atoms with Gasteiger partial charge in [0.2, 0.25) is 0 Å². The van der Waals surface area contributed by atoms with E-state index in [1.54, 1.807) is 0 Å². The summed E-state index contributed by atoms with van der Waals surface area (Å²) < 4.78 is 32.2. The van der Waals surface area contributed by atoms with Crippen molar-refractivity contribution in [2.45, 2.75) is 44.9 Å². The summed E-state index contributed by atoms with van der Waals surface area (Å²) in [4.78, 5) is 35.9. The number of halogens is 1. The number of aliphatic hydroxyl groups excluding tert-OH is 3. The van der Waals surface area contributed by atoms with Crippen molar-refractivity contribution in [3.8, 4) is 0 Å². The highest BCUT2D eigenvalue weighted by Gasteiger charge is 2.56. The van der Waals surface area contributed by atoms with Gasteiger partial charge < -0.3 is 24.8 Å². The zero-order valence-corrected chi connectivity index (χ0v) is 13.5. The van der Waals surface area contributed by atoms with Crippen LogP contribution in [0.3, 0.4) is 0 Å². The van der Waals surface area contributed by atoms with Gasteiger partial charge >= 0.3 is 11.7 Å². The molecule has 0 unspecified atom stereocenters. The first-order valence-corrected chi connectivity index (χ1v) is 7.36. The average molecular weight is 363 g/mol. The van der Waals surface area contributed by atoms with Crippen LogP contribution in [-0.4, -0.2) is 55.1 Å². The fourth-order valence-corrected chi connectivity index (χ4v) is 2.18. The summed E-state index contributed by atoms with van der Waals surface area (Å²) >= 11 is 0. The molecule has 3 N–H and O–H groups in total. The summed E-state index contributed by atoms with van der Waals surface area (Å²) in [5, 5.41) is 28.6. The summed E-state index contributed by atoms with van der Waals surface area (Å²) in [6.45, 7) is 0.970. The molecule has 1 aliphatic heterocycles. The van der Waals surface area contributed by atoms with E-state index in [9.17, 15) is 29.0 Å². The van der Waals surface area contributed by atoms with Crippen LogP contribution in [0.4, 0.5) is 4.39 Å². The fraction of sp³-hybridized carbons (Fsp3) is 0.643. The number of hydrogen-bond donors (Lipinski definition) is 3. The number of esters is 1. The molecule has 0 bridgehead atoms. The molecule has 25 heavy (non-hydrogen) atoms. The summed E-state index contributed by atoms with van der Waals surface area (Å²) in [6.07, 6.45) is -5.26. The Kier molecular flexibility index (Phi) is 4.99. The van der Waals surface area contributed by atoms with E-state index < -0.39 is 66.8 Å². The third-order valence-electron chi connectivity index (χ3n) is 3.70.